The SMILES string of the molecule is CC(N)C(C)C(=O)N1CCCC1Cc1ccccc1. The maximum absolute atomic E-state index is 12.4. The fourth-order valence-electron chi connectivity index (χ4n) is 2.71. The zero-order valence-corrected chi connectivity index (χ0v) is 11.9. The molecule has 3 unspecified atom stereocenters. The van der Waals surface area contributed by atoms with Gasteiger partial charge in [-0.15, -0.1) is 0 Å². The van der Waals surface area contributed by atoms with E-state index in [1.54, 1.807) is 0 Å². The molecule has 1 heterocycles. The number of hydrogen-bond donors (Lipinski definition) is 1. The summed E-state index contributed by atoms with van der Waals surface area (Å²) in [6.07, 6.45) is 3.17. The summed E-state index contributed by atoms with van der Waals surface area (Å²) >= 11 is 0. The standard InChI is InChI=1S/C16H24N2O/c1-12(13(2)17)16(19)18-10-6-9-15(18)11-14-7-4-3-5-8-14/h3-5,7-8,12-13,15H,6,9-11,17H2,1-2H3. The summed E-state index contributed by atoms with van der Waals surface area (Å²) in [7, 11) is 0. The number of nitrogens with two attached hydrogens (primary N) is 1. The van der Waals surface area contributed by atoms with E-state index in [0.29, 0.717) is 6.04 Å². The monoisotopic (exact) mass is 260 g/mol. The highest BCUT2D eigenvalue weighted by atomic mass is 16.2. The fraction of sp³-hybridized carbons (Fsp3) is 0.562. The van der Waals surface area contributed by atoms with Gasteiger partial charge in [-0.05, 0) is 31.7 Å². The number of likely N-dealkylation sites (tertiary alicyclic amines) is 1. The Morgan fingerprint density at radius 1 is 1.37 bits per heavy atom. The first-order chi connectivity index (χ1) is 9.09. The molecule has 0 aromatic heterocycles. The smallest absolute Gasteiger partial charge is 0.227 e. The summed E-state index contributed by atoms with van der Waals surface area (Å²) in [6, 6.07) is 10.7. The summed E-state index contributed by atoms with van der Waals surface area (Å²) in [4.78, 5) is 14.5. The summed E-state index contributed by atoms with van der Waals surface area (Å²) < 4.78 is 0. The van der Waals surface area contributed by atoms with E-state index in [-0.39, 0.29) is 17.9 Å². The number of benzene rings is 1. The number of carbonyl (C=O) groups is 1. The number of rotatable bonds is 4. The van der Waals surface area contributed by atoms with Crippen LogP contribution in [0.1, 0.15) is 32.3 Å². The Balaban J connectivity index is 2.03. The molecule has 1 fully saturated rings. The molecule has 19 heavy (non-hydrogen) atoms. The van der Waals surface area contributed by atoms with Crippen molar-refractivity contribution in [1.29, 1.82) is 0 Å². The second kappa shape index (κ2) is 6.20. The molecule has 3 atom stereocenters. The van der Waals surface area contributed by atoms with Gasteiger partial charge in [-0.25, -0.2) is 0 Å². The number of hydrogen-bond acceptors (Lipinski definition) is 2. The van der Waals surface area contributed by atoms with Crippen molar-refractivity contribution in [2.24, 2.45) is 11.7 Å². The average Bonchev–Trinajstić information content (AvgIpc) is 2.86. The number of amides is 1. The van der Waals surface area contributed by atoms with E-state index in [1.165, 1.54) is 5.56 Å². The van der Waals surface area contributed by atoms with Gasteiger partial charge in [0.2, 0.25) is 5.91 Å². The lowest BCUT2D eigenvalue weighted by Gasteiger charge is -2.29. The minimum atomic E-state index is -0.0867. The van der Waals surface area contributed by atoms with E-state index in [1.807, 2.05) is 24.8 Å². The van der Waals surface area contributed by atoms with Gasteiger partial charge in [-0.3, -0.25) is 4.79 Å². The summed E-state index contributed by atoms with van der Waals surface area (Å²) in [5, 5.41) is 0. The predicted octanol–water partition coefficient (Wildman–Crippen LogP) is 2.20. The van der Waals surface area contributed by atoms with E-state index in [0.717, 1.165) is 25.8 Å². The normalized spacial score (nSPS) is 22.3. The lowest BCUT2D eigenvalue weighted by atomic mass is 10.00. The predicted molar refractivity (Wildman–Crippen MR) is 77.7 cm³/mol. The largest absolute Gasteiger partial charge is 0.339 e. The maximum atomic E-state index is 12.4. The van der Waals surface area contributed by atoms with E-state index in [4.69, 9.17) is 5.73 Å². The van der Waals surface area contributed by atoms with Crippen molar-refractivity contribution >= 4 is 5.91 Å². The first-order valence-electron chi connectivity index (χ1n) is 7.19. The molecule has 3 heteroatoms. The van der Waals surface area contributed by atoms with Gasteiger partial charge >= 0.3 is 0 Å². The molecule has 0 saturated carbocycles. The Morgan fingerprint density at radius 3 is 2.68 bits per heavy atom. The first-order valence-corrected chi connectivity index (χ1v) is 7.19. The van der Waals surface area contributed by atoms with Crippen LogP contribution >= 0.6 is 0 Å². The van der Waals surface area contributed by atoms with Crippen LogP contribution in [0.4, 0.5) is 0 Å². The molecular formula is C16H24N2O. The Hall–Kier alpha value is -1.35. The Bertz CT molecular complexity index is 416. The Kier molecular flexibility index (Phi) is 4.59. The lowest BCUT2D eigenvalue weighted by Crippen LogP contribution is -2.44. The first kappa shape index (κ1) is 14.1. The molecule has 0 aliphatic carbocycles. The summed E-state index contributed by atoms with van der Waals surface area (Å²) in [5.41, 5.74) is 7.16. The van der Waals surface area contributed by atoms with Crippen molar-refractivity contribution < 1.29 is 4.79 Å². The van der Waals surface area contributed by atoms with Crippen LogP contribution in [0.25, 0.3) is 0 Å². The van der Waals surface area contributed by atoms with Crippen LogP contribution in [-0.4, -0.2) is 29.4 Å². The highest BCUT2D eigenvalue weighted by Gasteiger charge is 2.32. The highest BCUT2D eigenvalue weighted by molar-refractivity contribution is 5.79. The Labute approximate surface area is 115 Å². The molecule has 1 aliphatic heterocycles. The highest BCUT2D eigenvalue weighted by Crippen LogP contribution is 2.23. The molecule has 0 radical (unpaired) electrons. The molecule has 2 rings (SSSR count). The molecule has 1 saturated heterocycles. The zero-order valence-electron chi connectivity index (χ0n) is 11.9. The topological polar surface area (TPSA) is 46.3 Å². The maximum Gasteiger partial charge on any atom is 0.227 e. The third kappa shape index (κ3) is 3.35. The molecule has 1 amide bonds. The van der Waals surface area contributed by atoms with E-state index in [9.17, 15) is 4.79 Å². The minimum Gasteiger partial charge on any atom is -0.339 e. The summed E-state index contributed by atoms with van der Waals surface area (Å²) in [5.74, 6) is 0.129. The molecule has 1 aromatic rings. The second-order valence-corrected chi connectivity index (χ2v) is 5.67. The molecule has 1 aromatic carbocycles. The molecule has 104 valence electrons. The number of carbonyl (C=O) groups excluding carboxylic acids is 1. The van der Waals surface area contributed by atoms with Crippen LogP contribution in [0.15, 0.2) is 30.3 Å². The van der Waals surface area contributed by atoms with E-state index in [2.05, 4.69) is 24.3 Å². The van der Waals surface area contributed by atoms with Gasteiger partial charge in [0.15, 0.2) is 0 Å². The molecule has 2 N–H and O–H groups in total. The summed E-state index contributed by atoms with van der Waals surface area (Å²) in [6.45, 7) is 4.73. The fourth-order valence-corrected chi connectivity index (χ4v) is 2.71. The molecule has 0 spiro atoms. The van der Waals surface area contributed by atoms with Crippen molar-refractivity contribution in [2.75, 3.05) is 6.54 Å². The van der Waals surface area contributed by atoms with Crippen molar-refractivity contribution in [3.8, 4) is 0 Å². The molecule has 1 aliphatic rings. The van der Waals surface area contributed by atoms with Crippen molar-refractivity contribution in [3.63, 3.8) is 0 Å². The third-order valence-electron chi connectivity index (χ3n) is 4.15. The van der Waals surface area contributed by atoms with Crippen LogP contribution in [0.3, 0.4) is 0 Å². The quantitative estimate of drug-likeness (QED) is 0.902. The van der Waals surface area contributed by atoms with Crippen LogP contribution in [0.2, 0.25) is 0 Å². The van der Waals surface area contributed by atoms with Crippen LogP contribution in [-0.2, 0) is 11.2 Å². The Morgan fingerprint density at radius 2 is 2.05 bits per heavy atom. The van der Waals surface area contributed by atoms with Gasteiger partial charge in [0.1, 0.15) is 0 Å². The van der Waals surface area contributed by atoms with Gasteiger partial charge in [0, 0.05) is 18.6 Å². The van der Waals surface area contributed by atoms with Crippen molar-refractivity contribution in [2.45, 2.75) is 45.2 Å². The van der Waals surface area contributed by atoms with E-state index >= 15 is 0 Å². The van der Waals surface area contributed by atoms with Gasteiger partial charge in [0.25, 0.3) is 0 Å². The lowest BCUT2D eigenvalue weighted by molar-refractivity contribution is -0.136. The van der Waals surface area contributed by atoms with Crippen molar-refractivity contribution in [3.05, 3.63) is 35.9 Å². The van der Waals surface area contributed by atoms with Gasteiger partial charge in [0.05, 0.1) is 5.92 Å². The molecular weight excluding hydrogens is 236 g/mol. The minimum absolute atomic E-state index is 0.0783. The second-order valence-electron chi connectivity index (χ2n) is 5.67. The number of nitrogens with zero attached hydrogens (tertiary/aromatic N) is 1. The van der Waals surface area contributed by atoms with Crippen LogP contribution in [0.5, 0.6) is 0 Å². The third-order valence-corrected chi connectivity index (χ3v) is 4.15. The molecule has 0 bridgehead atoms. The van der Waals surface area contributed by atoms with Crippen molar-refractivity contribution in [1.82, 2.24) is 4.90 Å². The van der Waals surface area contributed by atoms with Gasteiger partial charge in [-0.2, -0.15) is 0 Å². The van der Waals surface area contributed by atoms with Gasteiger partial charge in [-0.1, -0.05) is 37.3 Å². The zero-order chi connectivity index (χ0) is 13.8. The average molecular weight is 260 g/mol. The van der Waals surface area contributed by atoms with E-state index < -0.39 is 0 Å². The van der Waals surface area contributed by atoms with Gasteiger partial charge < -0.3 is 10.6 Å². The molecule has 3 nitrogen and oxygen atoms in total. The van der Waals surface area contributed by atoms with Crippen LogP contribution < -0.4 is 5.73 Å². The van der Waals surface area contributed by atoms with Crippen LogP contribution in [0, 0.1) is 5.92 Å².